The summed E-state index contributed by atoms with van der Waals surface area (Å²) in [5.74, 6) is 0. The summed E-state index contributed by atoms with van der Waals surface area (Å²) in [5.41, 5.74) is 9.12. The molecule has 0 aliphatic heterocycles. The molecule has 0 aliphatic carbocycles. The fourth-order valence-electron chi connectivity index (χ4n) is 1.55. The Hall–Kier alpha value is -1.38. The molecule has 2 rings (SSSR count). The Morgan fingerprint density at radius 2 is 2.00 bits per heavy atom. The summed E-state index contributed by atoms with van der Waals surface area (Å²) < 4.78 is 0. The number of nitrogens with two attached hydrogens (primary N) is 1. The van der Waals surface area contributed by atoms with E-state index in [9.17, 15) is 0 Å². The molecule has 16 heavy (non-hydrogen) atoms. The summed E-state index contributed by atoms with van der Waals surface area (Å²) in [6.45, 7) is 1.97. The quantitative estimate of drug-likeness (QED) is 0.806. The van der Waals surface area contributed by atoms with Crippen LogP contribution in [0.2, 0.25) is 5.15 Å². The third-order valence-corrected chi connectivity index (χ3v) is 2.70. The molecular formula is C13H13ClN2. The molecule has 0 bridgehead atoms. The SMILES string of the molecule is C[C@H](N)c1cccc(-c2ccc(Cl)nc2)c1. The molecule has 0 spiro atoms. The van der Waals surface area contributed by atoms with Crippen molar-refractivity contribution in [2.45, 2.75) is 13.0 Å². The molecule has 0 saturated heterocycles. The van der Waals surface area contributed by atoms with Crippen molar-refractivity contribution in [1.82, 2.24) is 4.98 Å². The largest absolute Gasteiger partial charge is 0.324 e. The van der Waals surface area contributed by atoms with Gasteiger partial charge in [0.15, 0.2) is 0 Å². The zero-order chi connectivity index (χ0) is 11.5. The summed E-state index contributed by atoms with van der Waals surface area (Å²) in [6.07, 6.45) is 1.77. The molecular weight excluding hydrogens is 220 g/mol. The molecule has 1 heterocycles. The number of hydrogen-bond acceptors (Lipinski definition) is 2. The second kappa shape index (κ2) is 4.64. The first kappa shape index (κ1) is 11.1. The van der Waals surface area contributed by atoms with Crippen LogP contribution in [-0.4, -0.2) is 4.98 Å². The lowest BCUT2D eigenvalue weighted by atomic mass is 10.0. The molecule has 0 unspecified atom stereocenters. The molecule has 0 fully saturated rings. The Bertz CT molecular complexity index is 478. The third kappa shape index (κ3) is 2.40. The van der Waals surface area contributed by atoms with E-state index in [4.69, 9.17) is 17.3 Å². The lowest BCUT2D eigenvalue weighted by molar-refractivity contribution is 0.819. The van der Waals surface area contributed by atoms with E-state index in [1.807, 2.05) is 31.2 Å². The van der Waals surface area contributed by atoms with Crippen molar-refractivity contribution < 1.29 is 0 Å². The minimum atomic E-state index is 0.0419. The second-order valence-electron chi connectivity index (χ2n) is 3.78. The predicted octanol–water partition coefficient (Wildman–Crippen LogP) is 3.42. The van der Waals surface area contributed by atoms with Crippen molar-refractivity contribution in [2.24, 2.45) is 5.73 Å². The van der Waals surface area contributed by atoms with Crippen molar-refractivity contribution in [1.29, 1.82) is 0 Å². The van der Waals surface area contributed by atoms with Crippen LogP contribution in [0, 0.1) is 0 Å². The maximum absolute atomic E-state index is 5.85. The van der Waals surface area contributed by atoms with Crippen LogP contribution >= 0.6 is 11.6 Å². The third-order valence-electron chi connectivity index (χ3n) is 2.47. The zero-order valence-corrected chi connectivity index (χ0v) is 9.78. The average Bonchev–Trinajstić information content (AvgIpc) is 2.30. The molecule has 0 amide bonds. The van der Waals surface area contributed by atoms with Gasteiger partial charge >= 0.3 is 0 Å². The first-order chi connectivity index (χ1) is 7.66. The first-order valence-corrected chi connectivity index (χ1v) is 5.52. The van der Waals surface area contributed by atoms with E-state index in [0.29, 0.717) is 5.15 Å². The summed E-state index contributed by atoms with van der Waals surface area (Å²) in [6, 6.07) is 11.9. The van der Waals surface area contributed by atoms with E-state index in [1.165, 1.54) is 0 Å². The highest BCUT2D eigenvalue weighted by Crippen LogP contribution is 2.22. The number of nitrogens with zero attached hydrogens (tertiary/aromatic N) is 1. The molecule has 3 heteroatoms. The maximum atomic E-state index is 5.85. The van der Waals surface area contributed by atoms with Crippen LogP contribution in [0.5, 0.6) is 0 Å². The highest BCUT2D eigenvalue weighted by molar-refractivity contribution is 6.29. The van der Waals surface area contributed by atoms with Gasteiger partial charge in [-0.25, -0.2) is 4.98 Å². The topological polar surface area (TPSA) is 38.9 Å². The molecule has 2 N–H and O–H groups in total. The Kier molecular flexibility index (Phi) is 3.22. The number of halogens is 1. The van der Waals surface area contributed by atoms with Gasteiger partial charge < -0.3 is 5.73 Å². The minimum absolute atomic E-state index is 0.0419. The Morgan fingerprint density at radius 3 is 2.62 bits per heavy atom. The highest BCUT2D eigenvalue weighted by Gasteiger charge is 2.02. The van der Waals surface area contributed by atoms with Crippen LogP contribution in [0.25, 0.3) is 11.1 Å². The first-order valence-electron chi connectivity index (χ1n) is 5.14. The number of pyridine rings is 1. The molecule has 1 aromatic carbocycles. The second-order valence-corrected chi connectivity index (χ2v) is 4.17. The van der Waals surface area contributed by atoms with Crippen molar-refractivity contribution in [3.05, 3.63) is 53.3 Å². The van der Waals surface area contributed by atoms with Crippen molar-refractivity contribution >= 4 is 11.6 Å². The molecule has 1 aromatic heterocycles. The Balaban J connectivity index is 2.40. The fraction of sp³-hybridized carbons (Fsp3) is 0.154. The van der Waals surface area contributed by atoms with Crippen LogP contribution in [-0.2, 0) is 0 Å². The number of benzene rings is 1. The molecule has 0 saturated carbocycles. The summed E-state index contributed by atoms with van der Waals surface area (Å²) in [7, 11) is 0. The van der Waals surface area contributed by atoms with E-state index in [1.54, 1.807) is 12.3 Å². The van der Waals surface area contributed by atoms with Crippen LogP contribution < -0.4 is 5.73 Å². The van der Waals surface area contributed by atoms with Gasteiger partial charge in [0.1, 0.15) is 5.15 Å². The van der Waals surface area contributed by atoms with Crippen LogP contribution in [0.4, 0.5) is 0 Å². The molecule has 82 valence electrons. The van der Waals surface area contributed by atoms with Gasteiger partial charge in [-0.3, -0.25) is 0 Å². The van der Waals surface area contributed by atoms with Crippen LogP contribution in [0.1, 0.15) is 18.5 Å². The van der Waals surface area contributed by atoms with Crippen molar-refractivity contribution in [3.8, 4) is 11.1 Å². The molecule has 2 nitrogen and oxygen atoms in total. The van der Waals surface area contributed by atoms with Gasteiger partial charge in [0.2, 0.25) is 0 Å². The van der Waals surface area contributed by atoms with E-state index in [-0.39, 0.29) is 6.04 Å². The Labute approximate surface area is 100 Å². The van der Waals surface area contributed by atoms with Crippen molar-refractivity contribution in [2.75, 3.05) is 0 Å². The van der Waals surface area contributed by atoms with E-state index in [2.05, 4.69) is 11.1 Å². The number of rotatable bonds is 2. The van der Waals surface area contributed by atoms with Gasteiger partial charge in [-0.05, 0) is 36.2 Å². The van der Waals surface area contributed by atoms with Gasteiger partial charge in [0.25, 0.3) is 0 Å². The van der Waals surface area contributed by atoms with Gasteiger partial charge in [0.05, 0.1) is 0 Å². The average molecular weight is 233 g/mol. The van der Waals surface area contributed by atoms with Gasteiger partial charge in [-0.2, -0.15) is 0 Å². The molecule has 0 aliphatic rings. The highest BCUT2D eigenvalue weighted by atomic mass is 35.5. The summed E-state index contributed by atoms with van der Waals surface area (Å²) >= 11 is 5.75. The van der Waals surface area contributed by atoms with Crippen LogP contribution in [0.3, 0.4) is 0 Å². The summed E-state index contributed by atoms with van der Waals surface area (Å²) in [5, 5.41) is 0.507. The smallest absolute Gasteiger partial charge is 0.129 e. The molecule has 1 atom stereocenters. The maximum Gasteiger partial charge on any atom is 0.129 e. The van der Waals surface area contributed by atoms with Gasteiger partial charge in [-0.15, -0.1) is 0 Å². The summed E-state index contributed by atoms with van der Waals surface area (Å²) in [4.78, 5) is 4.06. The van der Waals surface area contributed by atoms with Gasteiger partial charge in [0, 0.05) is 17.8 Å². The fourth-order valence-corrected chi connectivity index (χ4v) is 1.66. The molecule has 2 aromatic rings. The van der Waals surface area contributed by atoms with Crippen molar-refractivity contribution in [3.63, 3.8) is 0 Å². The van der Waals surface area contributed by atoms with E-state index < -0.39 is 0 Å². The lowest BCUT2D eigenvalue weighted by Crippen LogP contribution is -2.04. The lowest BCUT2D eigenvalue weighted by Gasteiger charge is -2.08. The zero-order valence-electron chi connectivity index (χ0n) is 9.02. The predicted molar refractivity (Wildman–Crippen MR) is 67.3 cm³/mol. The number of aromatic nitrogens is 1. The normalized spacial score (nSPS) is 12.4. The van der Waals surface area contributed by atoms with Gasteiger partial charge in [-0.1, -0.05) is 29.8 Å². The van der Waals surface area contributed by atoms with E-state index >= 15 is 0 Å². The van der Waals surface area contributed by atoms with Crippen LogP contribution in [0.15, 0.2) is 42.6 Å². The minimum Gasteiger partial charge on any atom is -0.324 e. The Morgan fingerprint density at radius 1 is 1.19 bits per heavy atom. The molecule has 0 radical (unpaired) electrons. The number of hydrogen-bond donors (Lipinski definition) is 1. The monoisotopic (exact) mass is 232 g/mol. The standard InChI is InChI=1S/C13H13ClN2/c1-9(15)10-3-2-4-11(7-10)12-5-6-13(14)16-8-12/h2-9H,15H2,1H3/t9-/m0/s1. The van der Waals surface area contributed by atoms with E-state index in [0.717, 1.165) is 16.7 Å².